The molecule has 2 nitrogen and oxygen atoms in total. The summed E-state index contributed by atoms with van der Waals surface area (Å²) in [6, 6.07) is 3.01. The van der Waals surface area contributed by atoms with E-state index in [4.69, 9.17) is 0 Å². The summed E-state index contributed by atoms with van der Waals surface area (Å²) in [5.41, 5.74) is -0.528. The van der Waals surface area contributed by atoms with Crippen LogP contribution in [0.25, 0.3) is 0 Å². The first-order chi connectivity index (χ1) is 9.24. The maximum absolute atomic E-state index is 13.4. The highest BCUT2D eigenvalue weighted by Gasteiger charge is 2.33. The van der Waals surface area contributed by atoms with Gasteiger partial charge in [0.2, 0.25) is 5.91 Å². The highest BCUT2D eigenvalue weighted by Crippen LogP contribution is 2.19. The number of rotatable bonds is 5. The van der Waals surface area contributed by atoms with Gasteiger partial charge < -0.3 is 4.90 Å². The van der Waals surface area contributed by atoms with Crippen LogP contribution in [0.4, 0.5) is 22.0 Å². The summed E-state index contributed by atoms with van der Waals surface area (Å²) in [5, 5.41) is 0.134. The lowest BCUT2D eigenvalue weighted by Gasteiger charge is -2.23. The van der Waals surface area contributed by atoms with Gasteiger partial charge in [0, 0.05) is 17.4 Å². The van der Waals surface area contributed by atoms with Crippen molar-refractivity contribution in [3.8, 4) is 0 Å². The van der Waals surface area contributed by atoms with Crippen molar-refractivity contribution in [2.45, 2.75) is 12.6 Å². The van der Waals surface area contributed by atoms with E-state index in [0.717, 1.165) is 18.2 Å². The quantitative estimate of drug-likeness (QED) is 0.583. The minimum Gasteiger partial charge on any atom is -0.332 e. The molecule has 20 heavy (non-hydrogen) atoms. The van der Waals surface area contributed by atoms with Crippen LogP contribution in [0, 0.1) is 11.6 Å². The Labute approximate surface area is 120 Å². The van der Waals surface area contributed by atoms with E-state index in [0.29, 0.717) is 4.90 Å². The fourth-order valence-electron chi connectivity index (χ4n) is 1.57. The molecular weight excluding hydrogens is 349 g/mol. The summed E-state index contributed by atoms with van der Waals surface area (Å²) in [4.78, 5) is 12.3. The van der Waals surface area contributed by atoms with Crippen molar-refractivity contribution < 1.29 is 26.7 Å². The van der Waals surface area contributed by atoms with Crippen molar-refractivity contribution in [1.82, 2.24) is 4.90 Å². The fourth-order valence-corrected chi connectivity index (χ4v) is 2.00. The Hall–Kier alpha value is -1.18. The molecule has 0 radical (unpaired) electrons. The van der Waals surface area contributed by atoms with E-state index in [1.165, 1.54) is 0 Å². The second kappa shape index (κ2) is 7.01. The third kappa shape index (κ3) is 5.07. The van der Waals surface area contributed by atoms with E-state index in [1.807, 2.05) is 0 Å². The first-order valence-corrected chi connectivity index (χ1v) is 6.70. The van der Waals surface area contributed by atoms with Gasteiger partial charge in [0.1, 0.15) is 18.2 Å². The zero-order valence-corrected chi connectivity index (χ0v) is 11.8. The van der Waals surface area contributed by atoms with Gasteiger partial charge in [-0.15, -0.1) is 0 Å². The monoisotopic (exact) mass is 359 g/mol. The number of benzene rings is 1. The molecule has 0 aliphatic heterocycles. The summed E-state index contributed by atoms with van der Waals surface area (Å²) < 4.78 is 63.7. The molecule has 1 amide bonds. The van der Waals surface area contributed by atoms with Crippen molar-refractivity contribution in [2.75, 3.05) is 18.4 Å². The fraction of sp³-hybridized carbons (Fsp3) is 0.417. The third-order valence-corrected chi connectivity index (χ3v) is 2.82. The summed E-state index contributed by atoms with van der Waals surface area (Å²) in [6.45, 7) is -1.65. The Kier molecular flexibility index (Phi) is 5.91. The summed E-state index contributed by atoms with van der Waals surface area (Å²) in [6.07, 6.45) is -5.31. The molecule has 0 saturated carbocycles. The van der Waals surface area contributed by atoms with Crippen LogP contribution in [0.1, 0.15) is 5.56 Å². The Balaban J connectivity index is 2.86. The van der Waals surface area contributed by atoms with Crippen molar-refractivity contribution in [3.05, 3.63) is 35.4 Å². The number of halogens is 6. The van der Waals surface area contributed by atoms with E-state index in [2.05, 4.69) is 15.9 Å². The molecule has 0 saturated heterocycles. The molecule has 112 valence electrons. The van der Waals surface area contributed by atoms with Gasteiger partial charge in [-0.1, -0.05) is 22.0 Å². The summed E-state index contributed by atoms with van der Waals surface area (Å²) >= 11 is 2.93. The van der Waals surface area contributed by atoms with Crippen molar-refractivity contribution >= 4 is 21.8 Å². The molecule has 8 heteroatoms. The second-order valence-electron chi connectivity index (χ2n) is 4.00. The molecule has 1 rings (SSSR count). The van der Waals surface area contributed by atoms with Crippen LogP contribution in [0.15, 0.2) is 18.2 Å². The molecule has 0 heterocycles. The predicted octanol–water partition coefficient (Wildman–Crippen LogP) is 3.29. The van der Waals surface area contributed by atoms with Gasteiger partial charge in [-0.2, -0.15) is 13.2 Å². The molecule has 0 atom stereocenters. The Morgan fingerprint density at radius 1 is 1.20 bits per heavy atom. The van der Waals surface area contributed by atoms with Crippen molar-refractivity contribution in [1.29, 1.82) is 0 Å². The lowest BCUT2D eigenvalue weighted by Crippen LogP contribution is -2.41. The van der Waals surface area contributed by atoms with Crippen molar-refractivity contribution in [2.24, 2.45) is 0 Å². The van der Waals surface area contributed by atoms with Gasteiger partial charge in [0.25, 0.3) is 0 Å². The van der Waals surface area contributed by atoms with Crippen LogP contribution >= 0.6 is 15.9 Å². The van der Waals surface area contributed by atoms with E-state index >= 15 is 0 Å². The third-order valence-electron chi connectivity index (χ3n) is 2.47. The first kappa shape index (κ1) is 16.9. The number of carbonyl (C=O) groups excluding carboxylic acids is 1. The standard InChI is InChI=1S/C12H11BrF5NO/c13-4-5-19(7-12(16,17)18)11(20)6-8-9(14)2-1-3-10(8)15/h1-3H,4-7H2. The minimum atomic E-state index is -4.56. The number of alkyl halides is 4. The zero-order valence-electron chi connectivity index (χ0n) is 10.2. The van der Waals surface area contributed by atoms with E-state index in [-0.39, 0.29) is 11.9 Å². The molecule has 1 aromatic carbocycles. The van der Waals surface area contributed by atoms with Crippen LogP contribution in [0.3, 0.4) is 0 Å². The van der Waals surface area contributed by atoms with Crippen LogP contribution in [0.2, 0.25) is 0 Å². The van der Waals surface area contributed by atoms with Crippen LogP contribution in [-0.2, 0) is 11.2 Å². The molecule has 0 aliphatic rings. The molecule has 1 aromatic rings. The van der Waals surface area contributed by atoms with Crippen LogP contribution in [-0.4, -0.2) is 35.4 Å². The molecule has 0 aromatic heterocycles. The van der Waals surface area contributed by atoms with Gasteiger partial charge in [0.15, 0.2) is 0 Å². The maximum atomic E-state index is 13.4. The van der Waals surface area contributed by atoms with Crippen molar-refractivity contribution in [3.63, 3.8) is 0 Å². The largest absolute Gasteiger partial charge is 0.406 e. The number of amides is 1. The Bertz CT molecular complexity index is 457. The highest BCUT2D eigenvalue weighted by atomic mass is 79.9. The number of nitrogens with zero attached hydrogens (tertiary/aromatic N) is 1. The van der Waals surface area contributed by atoms with E-state index in [9.17, 15) is 26.7 Å². The Morgan fingerprint density at radius 2 is 1.75 bits per heavy atom. The van der Waals surface area contributed by atoms with E-state index in [1.54, 1.807) is 0 Å². The minimum absolute atomic E-state index is 0.134. The number of hydrogen-bond acceptors (Lipinski definition) is 1. The topological polar surface area (TPSA) is 20.3 Å². The Morgan fingerprint density at radius 3 is 2.20 bits per heavy atom. The van der Waals surface area contributed by atoms with Gasteiger partial charge in [-0.25, -0.2) is 8.78 Å². The lowest BCUT2D eigenvalue weighted by molar-refractivity contribution is -0.160. The molecule has 0 unspecified atom stereocenters. The van der Waals surface area contributed by atoms with Crippen LogP contribution < -0.4 is 0 Å². The van der Waals surface area contributed by atoms with Gasteiger partial charge in [0.05, 0.1) is 6.42 Å². The lowest BCUT2D eigenvalue weighted by atomic mass is 10.1. The summed E-state index contributed by atoms with van der Waals surface area (Å²) in [5.74, 6) is -2.89. The number of carbonyl (C=O) groups is 1. The van der Waals surface area contributed by atoms with Gasteiger partial charge >= 0.3 is 6.18 Å². The van der Waals surface area contributed by atoms with Gasteiger partial charge in [-0.05, 0) is 12.1 Å². The number of hydrogen-bond donors (Lipinski definition) is 0. The zero-order chi connectivity index (χ0) is 15.3. The molecular formula is C12H11BrF5NO. The SMILES string of the molecule is O=C(Cc1c(F)cccc1F)N(CCBr)CC(F)(F)F. The molecule has 0 spiro atoms. The smallest absolute Gasteiger partial charge is 0.332 e. The molecule has 0 fully saturated rings. The molecule has 0 bridgehead atoms. The normalized spacial score (nSPS) is 11.5. The predicted molar refractivity (Wildman–Crippen MR) is 66.5 cm³/mol. The molecule has 0 aliphatic carbocycles. The second-order valence-corrected chi connectivity index (χ2v) is 4.79. The van der Waals surface area contributed by atoms with Crippen LogP contribution in [0.5, 0.6) is 0 Å². The first-order valence-electron chi connectivity index (χ1n) is 5.58. The van der Waals surface area contributed by atoms with Gasteiger partial charge in [-0.3, -0.25) is 4.79 Å². The molecule has 0 N–H and O–H groups in total. The average molecular weight is 360 g/mol. The summed E-state index contributed by atoms with van der Waals surface area (Å²) in [7, 11) is 0. The van der Waals surface area contributed by atoms with E-state index < -0.39 is 42.2 Å². The average Bonchev–Trinajstić information content (AvgIpc) is 2.31. The highest BCUT2D eigenvalue weighted by molar-refractivity contribution is 9.09. The maximum Gasteiger partial charge on any atom is 0.406 e.